The molecule has 18 rings (SSSR count). The van der Waals surface area contributed by atoms with Gasteiger partial charge in [-0.05, 0) is 150 Å². The Bertz CT molecular complexity index is 2610. The molecule has 0 aliphatic carbocycles. The van der Waals surface area contributed by atoms with E-state index in [9.17, 15) is 0 Å². The number of thioether (sulfide) groups is 1. The minimum atomic E-state index is -0.378. The maximum Gasteiger partial charge on any atom is 0.112 e. The number of hydrogen-bond donors (Lipinski definition) is 2. The largest absolute Gasteiger partial charge is 0.411 e. The molecule has 18 fully saturated rings. The molecule has 0 amide bonds. The number of fused-ring (bicyclic) bond motifs is 18. The molecule has 2 N–H and O–H groups in total. The molecule has 18 heterocycles. The Hall–Kier alpha value is 10.1. The second-order valence-corrected chi connectivity index (χ2v) is 34.5. The fraction of sp³-hybridized carbons (Fsp3) is 0.788. The number of hydroxylamine groups is 3. The molecule has 19 nitrogen and oxygen atoms in total. The number of likely N-dealkylation sites (N-methyl/N-ethyl adjacent to an activating group) is 3. The molecule has 27 radical (unpaired) electrons. The average molecular weight is 2390 g/mol. The SMILES string of the molecule is [B][C@@H]1O[C@@]2([CH2-])CCOC1[C@H]2CC.[B][C@@H]1O[C@@]2([CH2-])CN(C)C1[C@H]2CC.[B][C@@H]1O[C@@]2([CH2-])CN(C)C1[C@H]2CC.[B][C@@H]1O[C@@]2([CH2-])CN(C)OC1[C@H]2CC.[B][C@@H]1O[C@@]2([CH2-])CNC1[C@H]2CC.[B][C@@H]1O[C@@]2([CH2-])CNOC1[C@H]2CC.[B][C@@H]1O[C@@]2([CH2-])COC1[C@H]2CC.[B][C@@H]1O[C@@]2([CH2-])CSC1[C@H]2CC.[B][C@@H]1O[C@]2([CH2-])COC1[C@@H]2CC.[CH3-].[CH3-].[CH3-].[CH3-].[CH3-].[CH3-].[CH3-].[CH3-].[CH3-].[Y].[Y].[Y].[Y].[Y].[Y].[Y].[Y].[Y]. The molecule has 0 spiro atoms. The van der Waals surface area contributed by atoms with Crippen LogP contribution in [0.5, 0.6) is 0 Å². The summed E-state index contributed by atoms with van der Waals surface area (Å²) in [6, 6.07) is -0.834. The van der Waals surface area contributed by atoms with E-state index in [2.05, 4.69) is 159 Å². The number of hydrogen-bond acceptors (Lipinski definition) is 20. The van der Waals surface area contributed by atoms with Gasteiger partial charge in [0.1, 0.15) is 70.6 Å². The fourth-order valence-electron chi connectivity index (χ4n) is 21.4. The van der Waals surface area contributed by atoms with E-state index in [1.54, 1.807) is 5.06 Å². The number of ether oxygens (including phenoxy) is 12. The van der Waals surface area contributed by atoms with Gasteiger partial charge in [0, 0.05) is 412 Å². The van der Waals surface area contributed by atoms with Crippen LogP contribution < -0.4 is 10.8 Å². The molecule has 675 valence electrons. The van der Waals surface area contributed by atoms with E-state index >= 15 is 0 Å². The van der Waals surface area contributed by atoms with Crippen molar-refractivity contribution in [3.8, 4) is 0 Å². The standard InChI is InChI=1S/C9H15BNO2.2C9H15BNO.C9H14BO2.C8H13BNO2.C8H13BNO.2C8H12BO2.C8H12BOS.9CH3.9Y/c1-4-6-7-8(10)12-9(6,2)5-11(3)13-7;2*1-4-6-7-8(10)12-9(6,2)5-11(7)3;1-3-6-7-8(10)12-9(6,2)4-5-11-7;1-3-5-6-7(9)11-8(5,2)4-10-12-6;3*1-3-5-6-7(9)11-8(5,2)4-10-6;1-3-5-6-7(9)10-8(5,2)4-11-6;;;;;;;;;;;;;;;;;;/h6-8H,2,4-5H2,1,3H3;2*6-8H,2,4-5H2,1,3H3;6-8H,2-5H2,1H3;5-7,10H,2-4H2,1H3;5-7,10H,2-4H2,1H3;3*5-7H,2-4H2,1H3;9*1H3;;;;;;;;;/q18*-1;;;;;;;;;/t4*6-,7?,8-,9+;2*5-,6?,7-,8+;5-,6?,7+,8+;2*5-,6?,7-,8+;;;;;;;;;;;;;;;;;;/m111111011................../s1. The Labute approximate surface area is 999 Å². The van der Waals surface area contributed by atoms with Crippen LogP contribution in [0.3, 0.4) is 0 Å². The summed E-state index contributed by atoms with van der Waals surface area (Å²) in [7, 11) is 58.1. The number of nitrogens with zero attached hydrogens (tertiary/aromatic N) is 3. The summed E-state index contributed by atoms with van der Waals surface area (Å²) in [4.78, 5) is 15.5. The summed E-state index contributed by atoms with van der Waals surface area (Å²) in [5.41, 5.74) is 0.246. The molecule has 18 aliphatic heterocycles. The molecule has 18 aliphatic rings. The topological polar surface area (TPSA) is 163 Å². The maximum atomic E-state index is 5.86. The second kappa shape index (κ2) is 62.8. The zero-order valence-electron chi connectivity index (χ0n) is 79.7. The van der Waals surface area contributed by atoms with Crippen LogP contribution in [0, 0.1) is 182 Å². The summed E-state index contributed by atoms with van der Waals surface area (Å²) in [5, 5.41) is 5.61. The van der Waals surface area contributed by atoms with Gasteiger partial charge in [0.05, 0.1) is 30.5 Å². The zero-order chi connectivity index (χ0) is 77.3. The van der Waals surface area contributed by atoms with Crippen LogP contribution in [0.15, 0.2) is 0 Å². The first kappa shape index (κ1) is 151. The van der Waals surface area contributed by atoms with Crippen LogP contribution in [0.4, 0.5) is 0 Å². The Morgan fingerprint density at radius 1 is 0.325 bits per heavy atom. The van der Waals surface area contributed by atoms with Crippen molar-refractivity contribution in [2.75, 3.05) is 79.4 Å². The van der Waals surface area contributed by atoms with Crippen molar-refractivity contribution >= 4 is 82.4 Å². The Morgan fingerprint density at radius 3 is 0.886 bits per heavy atom. The van der Waals surface area contributed by atoms with Crippen LogP contribution >= 0.6 is 11.8 Å². The van der Waals surface area contributed by atoms with E-state index in [1.807, 2.05) is 18.8 Å². The van der Waals surface area contributed by atoms with Gasteiger partial charge in [-0.1, -0.05) is 120 Å². The van der Waals surface area contributed by atoms with Crippen molar-refractivity contribution in [2.24, 2.45) is 53.3 Å². The van der Waals surface area contributed by atoms with Gasteiger partial charge in [-0.3, -0.25) is 9.68 Å². The molecule has 9 unspecified atom stereocenters. The predicted molar refractivity (Wildman–Crippen MR) is 475 cm³/mol. The van der Waals surface area contributed by atoms with Crippen molar-refractivity contribution < 1.29 is 361 Å². The Balaban J connectivity index is -0.000000167. The quantitative estimate of drug-likeness (QED) is 0.167. The third kappa shape index (κ3) is 32.1. The number of rotatable bonds is 9. The summed E-state index contributed by atoms with van der Waals surface area (Å²) >= 11 is 1.92. The molecular formula is C85H148B9N5O14SY9-18. The zero-order valence-corrected chi connectivity index (χ0v) is 106. The van der Waals surface area contributed by atoms with Gasteiger partial charge in [0.25, 0.3) is 0 Å². The molecule has 18 saturated heterocycles. The number of morpholine rings is 3. The van der Waals surface area contributed by atoms with Gasteiger partial charge in [0.15, 0.2) is 0 Å². The first-order chi connectivity index (χ1) is 49.3. The minimum absolute atomic E-state index is 0. The van der Waals surface area contributed by atoms with Crippen molar-refractivity contribution in [1.29, 1.82) is 0 Å². The molecule has 18 bridgehead atoms. The summed E-state index contributed by atoms with van der Waals surface area (Å²) in [6.45, 7) is 62.0. The molecular weight excluding hydrogens is 2240 g/mol. The Kier molecular flexibility index (Phi) is 77.0. The molecule has 0 aromatic rings. The first-order valence-corrected chi connectivity index (χ1v) is 40.3. The number of nitrogens with one attached hydrogen (secondary N) is 2. The molecule has 0 aromatic carbocycles. The van der Waals surface area contributed by atoms with E-state index in [1.165, 1.54) is 0 Å². The van der Waals surface area contributed by atoms with Crippen LogP contribution in [-0.2, 0) is 361 Å². The normalized spacial score (nSPS) is 45.9. The smallest absolute Gasteiger partial charge is 0.112 e. The molecule has 0 aromatic heterocycles. The first-order valence-electron chi connectivity index (χ1n) is 39.2. The van der Waals surface area contributed by atoms with Gasteiger partial charge in [-0.25, -0.2) is 5.48 Å². The van der Waals surface area contributed by atoms with Crippen molar-refractivity contribution in [3.63, 3.8) is 0 Å². The van der Waals surface area contributed by atoms with E-state index in [-0.39, 0.29) is 496 Å². The van der Waals surface area contributed by atoms with Gasteiger partial charge in [-0.2, -0.15) is 16.8 Å². The summed E-state index contributed by atoms with van der Waals surface area (Å²) in [6.07, 6.45) is 10.5. The van der Waals surface area contributed by atoms with E-state index in [4.69, 9.17) is 137 Å². The predicted octanol–water partition coefficient (Wildman–Crippen LogP) is 8.47. The van der Waals surface area contributed by atoms with Crippen molar-refractivity contribution in [1.82, 2.24) is 25.7 Å². The average Bonchev–Trinajstić information content (AvgIpc) is 1.58. The van der Waals surface area contributed by atoms with Gasteiger partial charge in [-0.15, -0.1) is 0 Å². The molecule has 0 saturated carbocycles. The number of likely N-dealkylation sites (tertiary alicyclic amines) is 2. The van der Waals surface area contributed by atoms with Crippen LogP contribution in [0.25, 0.3) is 0 Å². The summed E-state index contributed by atoms with van der Waals surface area (Å²) < 4.78 is 66.7. The van der Waals surface area contributed by atoms with Crippen LogP contribution in [0.2, 0.25) is 0 Å². The van der Waals surface area contributed by atoms with E-state index in [0.717, 1.165) is 96.2 Å². The molecule has 38 heteroatoms. The van der Waals surface area contributed by atoms with Gasteiger partial charge in [0.2, 0.25) is 0 Å². The third-order valence-corrected chi connectivity index (χ3v) is 28.1. The molecule has 36 atom stereocenters. The maximum absolute atomic E-state index is 5.86. The van der Waals surface area contributed by atoms with Gasteiger partial charge < -0.3 is 201 Å². The third-order valence-electron chi connectivity index (χ3n) is 26.5. The van der Waals surface area contributed by atoms with Crippen molar-refractivity contribution in [2.45, 2.75) is 285 Å². The van der Waals surface area contributed by atoms with E-state index < -0.39 is 0 Å². The van der Waals surface area contributed by atoms with E-state index in [0.29, 0.717) is 103 Å². The summed E-state index contributed by atoms with van der Waals surface area (Å²) in [5.74, 6) is 4.89. The molecule has 123 heavy (non-hydrogen) atoms. The fourth-order valence-corrected chi connectivity index (χ4v) is 23.1. The monoisotopic (exact) mass is 2390 g/mol. The minimum Gasteiger partial charge on any atom is -0.411 e. The Morgan fingerprint density at radius 2 is 0.634 bits per heavy atom. The van der Waals surface area contributed by atoms with Crippen LogP contribution in [-0.4, -0.2) is 323 Å². The van der Waals surface area contributed by atoms with Crippen LogP contribution in [0.1, 0.15) is 127 Å². The van der Waals surface area contributed by atoms with Gasteiger partial charge >= 0.3 is 0 Å². The van der Waals surface area contributed by atoms with Crippen molar-refractivity contribution in [3.05, 3.63) is 129 Å². The second-order valence-electron chi connectivity index (χ2n) is 33.3.